The van der Waals surface area contributed by atoms with Crippen LogP contribution in [0.5, 0.6) is 0 Å². The van der Waals surface area contributed by atoms with Gasteiger partial charge in [0.05, 0.1) is 25.4 Å². The van der Waals surface area contributed by atoms with Gasteiger partial charge in [-0.05, 0) is 50.7 Å². The summed E-state index contributed by atoms with van der Waals surface area (Å²) in [6, 6.07) is 0. The van der Waals surface area contributed by atoms with Gasteiger partial charge in [-0.2, -0.15) is 0 Å². The summed E-state index contributed by atoms with van der Waals surface area (Å²) < 4.78 is 11.2. The number of carbonyl (C=O) groups excluding carboxylic acids is 1. The second-order valence-electron chi connectivity index (χ2n) is 8.30. The average molecular weight is 438 g/mol. The van der Waals surface area contributed by atoms with E-state index in [1.165, 1.54) is 7.11 Å². The minimum atomic E-state index is -1.85. The van der Waals surface area contributed by atoms with E-state index in [1.807, 2.05) is 39.8 Å². The highest BCUT2D eigenvalue weighted by molar-refractivity contribution is 6.06. The van der Waals surface area contributed by atoms with Crippen LogP contribution in [-0.4, -0.2) is 53.9 Å². The summed E-state index contributed by atoms with van der Waals surface area (Å²) in [5, 5.41) is 25.5. The predicted octanol–water partition coefficient (Wildman–Crippen LogP) is 3.91. The molecule has 7 nitrogen and oxygen atoms in total. The average Bonchev–Trinajstić information content (AvgIpc) is 2.72. The third kappa shape index (κ3) is 7.82. The van der Waals surface area contributed by atoms with Crippen LogP contribution in [0.15, 0.2) is 40.8 Å². The normalized spacial score (nSPS) is 33.5. The number of rotatable bonds is 6. The van der Waals surface area contributed by atoms with E-state index in [-0.39, 0.29) is 18.1 Å². The lowest BCUT2D eigenvalue weighted by atomic mass is 9.85. The molecule has 1 aliphatic heterocycles. The molecule has 0 saturated carbocycles. The summed E-state index contributed by atoms with van der Waals surface area (Å²) in [6.45, 7) is 13.2. The van der Waals surface area contributed by atoms with Crippen molar-refractivity contribution in [1.82, 2.24) is 0 Å². The van der Waals surface area contributed by atoms with Crippen LogP contribution in [0.2, 0.25) is 0 Å². The quantitative estimate of drug-likeness (QED) is 0.371. The first-order valence-corrected chi connectivity index (χ1v) is 11.0. The third-order valence-corrected chi connectivity index (χ3v) is 5.31. The molecule has 0 spiro atoms. The maximum Gasteiger partial charge on any atom is 0.315 e. The number of cyclic esters (lactones) is 1. The first-order chi connectivity index (χ1) is 14.6. The number of methoxy groups -OCH3 is 1. The topological polar surface area (TPSA) is 97.6 Å². The first-order valence-electron chi connectivity index (χ1n) is 11.0. The van der Waals surface area contributed by atoms with Crippen LogP contribution in [0.1, 0.15) is 60.3 Å². The minimum absolute atomic E-state index is 0.0157. The van der Waals surface area contributed by atoms with Crippen LogP contribution in [0.4, 0.5) is 0 Å². The van der Waals surface area contributed by atoms with Crippen molar-refractivity contribution in [1.29, 1.82) is 0 Å². The van der Waals surface area contributed by atoms with E-state index in [2.05, 4.69) is 11.7 Å². The summed E-state index contributed by atoms with van der Waals surface area (Å²) in [5.41, 5.74) is -0.0288. The van der Waals surface area contributed by atoms with Crippen molar-refractivity contribution in [2.45, 2.75) is 72.0 Å². The van der Waals surface area contributed by atoms with Crippen LogP contribution in [0, 0.1) is 11.8 Å². The molecule has 31 heavy (non-hydrogen) atoms. The molecule has 7 heteroatoms. The Labute approximate surface area is 186 Å². The molecule has 0 saturated heterocycles. The molecule has 0 bridgehead atoms. The van der Waals surface area contributed by atoms with Gasteiger partial charge in [-0.25, -0.2) is 0 Å². The van der Waals surface area contributed by atoms with Gasteiger partial charge in [0, 0.05) is 6.42 Å². The SMILES string of the molecule is C=C1/C=C(\C)[C@H](CC)OC(=O)[C@H](C)/C(=N/OCCC)[C@@](O)(CO)C/C(OC)=C/C(C)C1. The van der Waals surface area contributed by atoms with Gasteiger partial charge in [-0.15, -0.1) is 0 Å². The van der Waals surface area contributed by atoms with Gasteiger partial charge in [0.25, 0.3) is 0 Å². The molecule has 1 heterocycles. The molecule has 0 fully saturated rings. The van der Waals surface area contributed by atoms with Crippen molar-refractivity contribution in [3.05, 3.63) is 35.6 Å². The van der Waals surface area contributed by atoms with Crippen LogP contribution in [0.3, 0.4) is 0 Å². The van der Waals surface area contributed by atoms with Gasteiger partial charge in [0.15, 0.2) is 0 Å². The van der Waals surface area contributed by atoms with Crippen molar-refractivity contribution in [3.8, 4) is 0 Å². The zero-order valence-corrected chi connectivity index (χ0v) is 19.8. The van der Waals surface area contributed by atoms with E-state index < -0.39 is 30.2 Å². The van der Waals surface area contributed by atoms with Crippen LogP contribution in [0.25, 0.3) is 0 Å². The zero-order valence-electron chi connectivity index (χ0n) is 19.8. The standard InChI is InChI=1S/C24H39NO6/c1-8-10-30-25-22-19(6)23(27)31-21(9-2)18(5)12-16(3)11-17(4)13-20(29-7)14-24(22,28)15-26/h12-13,17,19,21,26,28H,3,8-11,14-15H2,1-2,4-7H3/b18-12+,20-13-,25-22-/t17?,19-,21+,24+/m1/s1. The number of hydrogen-bond donors (Lipinski definition) is 2. The Morgan fingerprint density at radius 1 is 1.35 bits per heavy atom. The lowest BCUT2D eigenvalue weighted by Gasteiger charge is -2.31. The van der Waals surface area contributed by atoms with Gasteiger partial charge in [-0.1, -0.05) is 44.2 Å². The predicted molar refractivity (Wildman–Crippen MR) is 121 cm³/mol. The molecule has 1 unspecified atom stereocenters. The summed E-state index contributed by atoms with van der Waals surface area (Å²) in [4.78, 5) is 18.3. The Balaban J connectivity index is 3.54. The second-order valence-corrected chi connectivity index (χ2v) is 8.30. The highest BCUT2D eigenvalue weighted by Crippen LogP contribution is 2.28. The summed E-state index contributed by atoms with van der Waals surface area (Å²) >= 11 is 0. The van der Waals surface area contributed by atoms with E-state index in [0.717, 1.165) is 11.1 Å². The van der Waals surface area contributed by atoms with E-state index in [0.29, 0.717) is 31.6 Å². The number of oxime groups is 1. The molecule has 0 aromatic heterocycles. The summed E-state index contributed by atoms with van der Waals surface area (Å²) in [7, 11) is 1.51. The van der Waals surface area contributed by atoms with E-state index in [1.54, 1.807) is 6.92 Å². The van der Waals surface area contributed by atoms with Crippen LogP contribution in [-0.2, 0) is 19.1 Å². The van der Waals surface area contributed by atoms with Crippen molar-refractivity contribution < 1.29 is 29.3 Å². The maximum absolute atomic E-state index is 13.0. The minimum Gasteiger partial charge on any atom is -0.501 e. The number of aliphatic hydroxyl groups excluding tert-OH is 1. The molecule has 0 radical (unpaired) electrons. The lowest BCUT2D eigenvalue weighted by Crippen LogP contribution is -2.48. The molecule has 2 N–H and O–H groups in total. The van der Waals surface area contributed by atoms with Gasteiger partial charge in [-0.3, -0.25) is 4.79 Å². The Hall–Kier alpha value is -2.12. The molecule has 0 aliphatic carbocycles. The van der Waals surface area contributed by atoms with Crippen molar-refractivity contribution in [3.63, 3.8) is 0 Å². The van der Waals surface area contributed by atoms with Crippen LogP contribution >= 0.6 is 0 Å². The molecule has 4 atom stereocenters. The van der Waals surface area contributed by atoms with E-state index >= 15 is 0 Å². The monoisotopic (exact) mass is 437 g/mol. The molecular formula is C24H39NO6. The number of esters is 1. The van der Waals surface area contributed by atoms with Gasteiger partial charge in [0.2, 0.25) is 0 Å². The van der Waals surface area contributed by atoms with Crippen LogP contribution < -0.4 is 0 Å². The largest absolute Gasteiger partial charge is 0.501 e. The first kappa shape index (κ1) is 26.9. The number of ether oxygens (including phenoxy) is 2. The Morgan fingerprint density at radius 3 is 2.58 bits per heavy atom. The molecule has 176 valence electrons. The molecule has 0 amide bonds. The molecule has 0 aromatic carbocycles. The fraction of sp³-hybridized carbons (Fsp3) is 0.667. The van der Waals surface area contributed by atoms with Gasteiger partial charge >= 0.3 is 5.97 Å². The summed E-state index contributed by atoms with van der Waals surface area (Å²) in [5.74, 6) is -0.930. The Kier molecular flexibility index (Phi) is 11.0. The van der Waals surface area contributed by atoms with Crippen molar-refractivity contribution in [2.24, 2.45) is 17.0 Å². The van der Waals surface area contributed by atoms with Crippen molar-refractivity contribution in [2.75, 3.05) is 20.3 Å². The summed E-state index contributed by atoms with van der Waals surface area (Å²) in [6.07, 6.45) is 5.34. The van der Waals surface area contributed by atoms with Gasteiger partial charge in [0.1, 0.15) is 24.0 Å². The van der Waals surface area contributed by atoms with E-state index in [9.17, 15) is 15.0 Å². The number of nitrogens with zero attached hydrogens (tertiary/aromatic N) is 1. The second kappa shape index (κ2) is 12.7. The van der Waals surface area contributed by atoms with E-state index in [4.69, 9.17) is 14.3 Å². The molecular weight excluding hydrogens is 398 g/mol. The maximum atomic E-state index is 13.0. The number of hydrogen-bond acceptors (Lipinski definition) is 7. The smallest absolute Gasteiger partial charge is 0.315 e. The Morgan fingerprint density at radius 2 is 2.03 bits per heavy atom. The fourth-order valence-corrected chi connectivity index (χ4v) is 3.60. The van der Waals surface area contributed by atoms with Crippen molar-refractivity contribution >= 4 is 11.7 Å². The lowest BCUT2D eigenvalue weighted by molar-refractivity contribution is -0.150. The number of allylic oxidation sites excluding steroid dienone is 3. The highest BCUT2D eigenvalue weighted by Gasteiger charge is 2.42. The Bertz CT molecular complexity index is 711. The number of aliphatic hydroxyl groups is 2. The molecule has 1 rings (SSSR count). The molecule has 1 aliphatic rings. The zero-order chi connectivity index (χ0) is 23.6. The highest BCUT2D eigenvalue weighted by atomic mass is 16.6. The fourth-order valence-electron chi connectivity index (χ4n) is 3.60. The third-order valence-electron chi connectivity index (χ3n) is 5.31. The number of carbonyl (C=O) groups is 1. The van der Waals surface area contributed by atoms with Gasteiger partial charge < -0.3 is 24.5 Å². The molecule has 0 aromatic rings.